The van der Waals surface area contributed by atoms with E-state index < -0.39 is 4.92 Å². The Morgan fingerprint density at radius 2 is 1.92 bits per heavy atom. The number of hydrogen-bond acceptors (Lipinski definition) is 8. The van der Waals surface area contributed by atoms with Crippen molar-refractivity contribution < 1.29 is 4.92 Å². The van der Waals surface area contributed by atoms with Gasteiger partial charge in [-0.05, 0) is 23.8 Å². The van der Waals surface area contributed by atoms with Crippen LogP contribution < -0.4 is 10.6 Å². The van der Waals surface area contributed by atoms with Gasteiger partial charge in [0.25, 0.3) is 0 Å². The van der Waals surface area contributed by atoms with Crippen molar-refractivity contribution in [2.75, 3.05) is 10.6 Å². The maximum absolute atomic E-state index is 11.5. The van der Waals surface area contributed by atoms with Gasteiger partial charge in [-0.15, -0.1) is 0 Å². The average molecular weight is 358 g/mol. The molecule has 10 heteroatoms. The molecule has 0 saturated heterocycles. The van der Waals surface area contributed by atoms with Gasteiger partial charge in [0.1, 0.15) is 6.33 Å². The molecule has 0 radical (unpaired) electrons. The first kappa shape index (κ1) is 16.5. The Labute approximate surface area is 147 Å². The Bertz CT molecular complexity index is 892. The lowest BCUT2D eigenvalue weighted by molar-refractivity contribution is -0.383. The van der Waals surface area contributed by atoms with Gasteiger partial charge >= 0.3 is 5.69 Å². The van der Waals surface area contributed by atoms with Gasteiger partial charge in [0, 0.05) is 25.1 Å². The topological polar surface area (TPSA) is 119 Å². The van der Waals surface area contributed by atoms with Crippen molar-refractivity contribution in [3.8, 4) is 0 Å². The molecule has 25 heavy (non-hydrogen) atoms. The van der Waals surface area contributed by atoms with Gasteiger partial charge in [-0.2, -0.15) is 0 Å². The van der Waals surface area contributed by atoms with E-state index in [0.29, 0.717) is 12.2 Å². The second kappa shape index (κ2) is 7.49. The van der Waals surface area contributed by atoms with E-state index in [-0.39, 0.29) is 22.5 Å². The first-order chi connectivity index (χ1) is 12.1. The molecule has 0 fully saturated rings. The van der Waals surface area contributed by atoms with Crippen molar-refractivity contribution in [1.29, 1.82) is 0 Å². The summed E-state index contributed by atoms with van der Waals surface area (Å²) in [5, 5.41) is 17.4. The lowest BCUT2D eigenvalue weighted by Crippen LogP contribution is -2.08. The normalized spacial score (nSPS) is 10.3. The van der Waals surface area contributed by atoms with E-state index >= 15 is 0 Å². The second-order valence-corrected chi connectivity index (χ2v) is 5.22. The number of rotatable bonds is 6. The minimum atomic E-state index is -0.557. The van der Waals surface area contributed by atoms with Crippen LogP contribution in [0.25, 0.3) is 0 Å². The highest BCUT2D eigenvalue weighted by Crippen LogP contribution is 2.32. The van der Waals surface area contributed by atoms with Crippen LogP contribution in [0.5, 0.6) is 0 Å². The number of hydrogen-bond donors (Lipinski definition) is 2. The summed E-state index contributed by atoms with van der Waals surface area (Å²) in [5.74, 6) is 0.106. The standard InChI is InChI=1S/C15H12ClN7O2/c16-13-11(4-2-6-18-13)22-15-12(23(24)25)14(20-9-21-15)19-8-10-3-1-5-17-7-10/h1-7,9H,8H2,(H2,19,20,21,22). The van der Waals surface area contributed by atoms with Crippen molar-refractivity contribution in [1.82, 2.24) is 19.9 Å². The van der Waals surface area contributed by atoms with Crippen LogP contribution in [0.1, 0.15) is 5.56 Å². The molecule has 0 atom stereocenters. The van der Waals surface area contributed by atoms with Crippen LogP contribution in [0.15, 0.2) is 49.2 Å². The Morgan fingerprint density at radius 3 is 2.64 bits per heavy atom. The first-order valence-corrected chi connectivity index (χ1v) is 7.52. The predicted octanol–water partition coefficient (Wildman–Crippen LogP) is 3.18. The maximum atomic E-state index is 11.5. The highest BCUT2D eigenvalue weighted by Gasteiger charge is 2.23. The van der Waals surface area contributed by atoms with E-state index in [0.717, 1.165) is 5.56 Å². The van der Waals surface area contributed by atoms with Gasteiger partial charge in [0.05, 0.1) is 10.6 Å². The number of nitrogens with zero attached hydrogens (tertiary/aromatic N) is 5. The third-order valence-corrected chi connectivity index (χ3v) is 3.50. The molecule has 0 aliphatic carbocycles. The largest absolute Gasteiger partial charge is 0.360 e. The third kappa shape index (κ3) is 3.96. The minimum absolute atomic E-state index is 0.0172. The lowest BCUT2D eigenvalue weighted by atomic mass is 10.3. The number of nitrogens with one attached hydrogen (secondary N) is 2. The Hall–Kier alpha value is -3.33. The van der Waals surface area contributed by atoms with Crippen molar-refractivity contribution in [2.45, 2.75) is 6.54 Å². The predicted molar refractivity (Wildman–Crippen MR) is 92.8 cm³/mol. The molecule has 0 saturated carbocycles. The fraction of sp³-hybridized carbons (Fsp3) is 0.0667. The lowest BCUT2D eigenvalue weighted by Gasteiger charge is -2.10. The Balaban J connectivity index is 1.89. The molecule has 0 bridgehead atoms. The van der Waals surface area contributed by atoms with Crippen LogP contribution in [0.2, 0.25) is 5.15 Å². The van der Waals surface area contributed by atoms with E-state index in [2.05, 4.69) is 30.6 Å². The molecule has 0 spiro atoms. The molecule has 2 N–H and O–H groups in total. The van der Waals surface area contributed by atoms with Crippen LogP contribution in [-0.4, -0.2) is 24.9 Å². The van der Waals surface area contributed by atoms with E-state index in [4.69, 9.17) is 11.6 Å². The summed E-state index contributed by atoms with van der Waals surface area (Å²) >= 11 is 5.98. The summed E-state index contributed by atoms with van der Waals surface area (Å²) in [6.45, 7) is 0.332. The molecule has 126 valence electrons. The molecular weight excluding hydrogens is 346 g/mol. The van der Waals surface area contributed by atoms with Gasteiger partial charge in [0.15, 0.2) is 5.15 Å². The molecule has 3 aromatic heterocycles. The molecular formula is C15H12ClN7O2. The van der Waals surface area contributed by atoms with Crippen LogP contribution in [-0.2, 0) is 6.54 Å². The van der Waals surface area contributed by atoms with E-state index in [1.54, 1.807) is 30.6 Å². The van der Waals surface area contributed by atoms with Crippen molar-refractivity contribution in [3.05, 3.63) is 70.0 Å². The fourth-order valence-electron chi connectivity index (χ4n) is 2.07. The number of anilines is 3. The smallest absolute Gasteiger partial charge is 0.353 e. The van der Waals surface area contributed by atoms with Gasteiger partial charge in [-0.1, -0.05) is 17.7 Å². The van der Waals surface area contributed by atoms with Crippen LogP contribution >= 0.6 is 11.6 Å². The molecule has 3 heterocycles. The minimum Gasteiger partial charge on any atom is -0.360 e. The molecule has 3 aromatic rings. The number of pyridine rings is 2. The van der Waals surface area contributed by atoms with E-state index in [1.165, 1.54) is 12.5 Å². The number of nitro groups is 1. The molecule has 0 amide bonds. The number of halogens is 1. The monoisotopic (exact) mass is 357 g/mol. The first-order valence-electron chi connectivity index (χ1n) is 7.15. The van der Waals surface area contributed by atoms with Crippen LogP contribution in [0, 0.1) is 10.1 Å². The van der Waals surface area contributed by atoms with Crippen molar-refractivity contribution >= 4 is 34.6 Å². The zero-order chi connectivity index (χ0) is 17.6. The van der Waals surface area contributed by atoms with Gasteiger partial charge in [-0.3, -0.25) is 15.1 Å². The molecule has 0 unspecified atom stereocenters. The van der Waals surface area contributed by atoms with Crippen molar-refractivity contribution in [2.24, 2.45) is 0 Å². The van der Waals surface area contributed by atoms with Crippen LogP contribution in [0.3, 0.4) is 0 Å². The average Bonchev–Trinajstić information content (AvgIpc) is 2.62. The molecule has 0 aromatic carbocycles. The van der Waals surface area contributed by atoms with E-state index in [9.17, 15) is 10.1 Å². The molecule has 0 aliphatic rings. The van der Waals surface area contributed by atoms with Crippen LogP contribution in [0.4, 0.5) is 23.0 Å². The van der Waals surface area contributed by atoms with Crippen molar-refractivity contribution in [3.63, 3.8) is 0 Å². The van der Waals surface area contributed by atoms with E-state index in [1.807, 2.05) is 6.07 Å². The zero-order valence-electron chi connectivity index (χ0n) is 12.8. The zero-order valence-corrected chi connectivity index (χ0v) is 13.5. The van der Waals surface area contributed by atoms with Gasteiger partial charge in [-0.25, -0.2) is 15.0 Å². The molecule has 0 aliphatic heterocycles. The SMILES string of the molecule is O=[N+]([O-])c1c(NCc2cccnc2)ncnc1Nc1cccnc1Cl. The van der Waals surface area contributed by atoms with Gasteiger partial charge < -0.3 is 10.6 Å². The summed E-state index contributed by atoms with van der Waals surface area (Å²) in [4.78, 5) is 26.8. The molecule has 3 rings (SSSR count). The Kier molecular flexibility index (Phi) is 4.95. The Morgan fingerprint density at radius 1 is 1.12 bits per heavy atom. The highest BCUT2D eigenvalue weighted by molar-refractivity contribution is 6.32. The fourth-order valence-corrected chi connectivity index (χ4v) is 2.23. The van der Waals surface area contributed by atoms with Gasteiger partial charge in [0.2, 0.25) is 11.6 Å². The quantitative estimate of drug-likeness (QED) is 0.392. The summed E-state index contributed by atoms with van der Waals surface area (Å²) in [5.41, 5.74) is 0.982. The third-order valence-electron chi connectivity index (χ3n) is 3.20. The number of aromatic nitrogens is 4. The summed E-state index contributed by atoms with van der Waals surface area (Å²) < 4.78 is 0. The summed E-state index contributed by atoms with van der Waals surface area (Å²) in [6, 6.07) is 6.93. The highest BCUT2D eigenvalue weighted by atomic mass is 35.5. The summed E-state index contributed by atoms with van der Waals surface area (Å²) in [7, 11) is 0. The second-order valence-electron chi connectivity index (χ2n) is 4.86. The summed E-state index contributed by atoms with van der Waals surface area (Å²) in [6.07, 6.45) is 6.05. The molecule has 9 nitrogen and oxygen atoms in total. The maximum Gasteiger partial charge on any atom is 0.353 e.